The van der Waals surface area contributed by atoms with E-state index >= 15 is 0 Å². The van der Waals surface area contributed by atoms with Crippen molar-refractivity contribution in [1.82, 2.24) is 20.1 Å². The average molecular weight is 251 g/mol. The molecule has 3 N–H and O–H groups in total. The van der Waals surface area contributed by atoms with Crippen LogP contribution < -0.4 is 11.1 Å². The monoisotopic (exact) mass is 251 g/mol. The van der Waals surface area contributed by atoms with E-state index in [-0.39, 0.29) is 6.04 Å². The minimum Gasteiger partial charge on any atom is -0.330 e. The normalized spacial score (nSPS) is 18.1. The molecule has 0 radical (unpaired) electrons. The van der Waals surface area contributed by atoms with Crippen LogP contribution in [0.3, 0.4) is 0 Å². The van der Waals surface area contributed by atoms with E-state index in [1.807, 2.05) is 0 Å². The van der Waals surface area contributed by atoms with Crippen molar-refractivity contribution in [2.75, 3.05) is 13.1 Å². The Morgan fingerprint density at radius 3 is 2.78 bits per heavy atom. The van der Waals surface area contributed by atoms with Gasteiger partial charge in [-0.1, -0.05) is 13.8 Å². The summed E-state index contributed by atoms with van der Waals surface area (Å²) in [6, 6.07) is 0.247. The number of hydrogen-bond acceptors (Lipinski definition) is 4. The molecule has 1 aliphatic rings. The molecule has 0 spiro atoms. The number of nitrogens with two attached hydrogens (primary N) is 1. The molecule has 1 aliphatic heterocycles. The Kier molecular flexibility index (Phi) is 4.35. The van der Waals surface area contributed by atoms with E-state index in [0.717, 1.165) is 37.7 Å². The van der Waals surface area contributed by atoms with Gasteiger partial charge in [0.05, 0.1) is 6.04 Å². The summed E-state index contributed by atoms with van der Waals surface area (Å²) in [5.74, 6) is 3.34. The summed E-state index contributed by atoms with van der Waals surface area (Å²) < 4.78 is 2.25. The third-order valence-corrected chi connectivity index (χ3v) is 3.96. The molecule has 0 saturated heterocycles. The number of aromatic nitrogens is 3. The highest BCUT2D eigenvalue weighted by molar-refractivity contribution is 5.04. The lowest BCUT2D eigenvalue weighted by Crippen LogP contribution is -2.34. The smallest absolute Gasteiger partial charge is 0.149 e. The van der Waals surface area contributed by atoms with Gasteiger partial charge >= 0.3 is 0 Å². The van der Waals surface area contributed by atoms with Crippen molar-refractivity contribution in [1.29, 1.82) is 0 Å². The number of aryl methyl sites for hydroxylation is 1. The van der Waals surface area contributed by atoms with E-state index in [2.05, 4.69) is 40.9 Å². The van der Waals surface area contributed by atoms with Crippen molar-refractivity contribution in [3.63, 3.8) is 0 Å². The van der Waals surface area contributed by atoms with E-state index < -0.39 is 0 Å². The van der Waals surface area contributed by atoms with Crippen molar-refractivity contribution in [3.8, 4) is 0 Å². The lowest BCUT2D eigenvalue weighted by Gasteiger charge is -2.22. The largest absolute Gasteiger partial charge is 0.330 e. The second-order valence-electron chi connectivity index (χ2n) is 5.60. The summed E-state index contributed by atoms with van der Waals surface area (Å²) in [6.45, 7) is 9.34. The van der Waals surface area contributed by atoms with Crippen LogP contribution in [0.1, 0.15) is 44.9 Å². The van der Waals surface area contributed by atoms with E-state index in [4.69, 9.17) is 5.73 Å². The number of rotatable bonds is 6. The summed E-state index contributed by atoms with van der Waals surface area (Å²) >= 11 is 0. The first-order valence-electron chi connectivity index (χ1n) is 6.99. The second kappa shape index (κ2) is 5.80. The fourth-order valence-electron chi connectivity index (χ4n) is 2.50. The molecule has 0 aliphatic carbocycles. The van der Waals surface area contributed by atoms with Crippen molar-refractivity contribution >= 4 is 0 Å². The molecule has 2 unspecified atom stereocenters. The summed E-state index contributed by atoms with van der Waals surface area (Å²) in [4.78, 5) is 0. The zero-order valence-electron chi connectivity index (χ0n) is 11.7. The SMILES string of the molecule is CC(NCC(CN)C(C)C)c1nnc2n1CCC2. The van der Waals surface area contributed by atoms with E-state index in [9.17, 15) is 0 Å². The molecule has 0 amide bonds. The van der Waals surface area contributed by atoms with Gasteiger partial charge in [0.2, 0.25) is 0 Å². The van der Waals surface area contributed by atoms with Crippen LogP contribution >= 0.6 is 0 Å². The maximum absolute atomic E-state index is 5.80. The lowest BCUT2D eigenvalue weighted by molar-refractivity contribution is 0.350. The third-order valence-electron chi connectivity index (χ3n) is 3.96. The summed E-state index contributed by atoms with van der Waals surface area (Å²) in [5, 5.41) is 12.1. The summed E-state index contributed by atoms with van der Waals surface area (Å²) in [7, 11) is 0. The standard InChI is InChI=1S/C13H25N5/c1-9(2)11(7-14)8-15-10(3)13-17-16-12-5-4-6-18(12)13/h9-11,15H,4-8,14H2,1-3H3. The van der Waals surface area contributed by atoms with Gasteiger partial charge in [-0.15, -0.1) is 10.2 Å². The zero-order valence-corrected chi connectivity index (χ0v) is 11.7. The van der Waals surface area contributed by atoms with Crippen LogP contribution in [-0.2, 0) is 13.0 Å². The number of hydrogen-bond donors (Lipinski definition) is 2. The van der Waals surface area contributed by atoms with Gasteiger partial charge in [0, 0.05) is 19.5 Å². The van der Waals surface area contributed by atoms with Gasteiger partial charge in [-0.2, -0.15) is 0 Å². The van der Waals surface area contributed by atoms with Gasteiger partial charge in [-0.05, 0) is 31.7 Å². The summed E-state index contributed by atoms with van der Waals surface area (Å²) in [5.41, 5.74) is 5.80. The molecular weight excluding hydrogens is 226 g/mol. The Balaban J connectivity index is 1.93. The molecule has 2 rings (SSSR count). The van der Waals surface area contributed by atoms with E-state index in [1.54, 1.807) is 0 Å². The van der Waals surface area contributed by atoms with Crippen LogP contribution in [0.2, 0.25) is 0 Å². The van der Waals surface area contributed by atoms with Gasteiger partial charge < -0.3 is 15.6 Å². The molecule has 0 fully saturated rings. The molecule has 2 heterocycles. The number of nitrogens with zero attached hydrogens (tertiary/aromatic N) is 3. The van der Waals surface area contributed by atoms with E-state index in [0.29, 0.717) is 11.8 Å². The first kappa shape index (κ1) is 13.5. The molecule has 0 saturated carbocycles. The van der Waals surface area contributed by atoms with Crippen molar-refractivity contribution < 1.29 is 0 Å². The van der Waals surface area contributed by atoms with E-state index in [1.165, 1.54) is 6.42 Å². The van der Waals surface area contributed by atoms with Gasteiger partial charge in [-0.3, -0.25) is 0 Å². The fraction of sp³-hybridized carbons (Fsp3) is 0.846. The Bertz CT molecular complexity index is 385. The number of fused-ring (bicyclic) bond motifs is 1. The van der Waals surface area contributed by atoms with Crippen LogP contribution in [0.15, 0.2) is 0 Å². The topological polar surface area (TPSA) is 68.8 Å². The lowest BCUT2D eigenvalue weighted by atomic mass is 9.96. The first-order valence-corrected chi connectivity index (χ1v) is 6.99. The minimum absolute atomic E-state index is 0.247. The zero-order chi connectivity index (χ0) is 13.1. The molecule has 5 nitrogen and oxygen atoms in total. The van der Waals surface area contributed by atoms with Crippen molar-refractivity contribution in [2.24, 2.45) is 17.6 Å². The van der Waals surface area contributed by atoms with Crippen molar-refractivity contribution in [3.05, 3.63) is 11.6 Å². The minimum atomic E-state index is 0.247. The van der Waals surface area contributed by atoms with Gasteiger partial charge in [0.25, 0.3) is 0 Å². The maximum atomic E-state index is 5.80. The highest BCUT2D eigenvalue weighted by Gasteiger charge is 2.21. The van der Waals surface area contributed by atoms with Crippen LogP contribution in [0.5, 0.6) is 0 Å². The Morgan fingerprint density at radius 2 is 2.11 bits per heavy atom. The fourth-order valence-corrected chi connectivity index (χ4v) is 2.50. The van der Waals surface area contributed by atoms with Gasteiger partial charge in [0.15, 0.2) is 0 Å². The highest BCUT2D eigenvalue weighted by Crippen LogP contribution is 2.19. The molecule has 5 heteroatoms. The first-order chi connectivity index (χ1) is 8.63. The van der Waals surface area contributed by atoms with Gasteiger partial charge in [-0.25, -0.2) is 0 Å². The highest BCUT2D eigenvalue weighted by atomic mass is 15.3. The predicted molar refractivity (Wildman–Crippen MR) is 72.1 cm³/mol. The molecule has 0 bridgehead atoms. The molecule has 18 heavy (non-hydrogen) atoms. The average Bonchev–Trinajstić information content (AvgIpc) is 2.90. The number of nitrogens with one attached hydrogen (secondary N) is 1. The van der Waals surface area contributed by atoms with Gasteiger partial charge in [0.1, 0.15) is 11.6 Å². The molecule has 2 atom stereocenters. The molecule has 1 aromatic rings. The Morgan fingerprint density at radius 1 is 1.33 bits per heavy atom. The molecule has 0 aromatic carbocycles. The maximum Gasteiger partial charge on any atom is 0.149 e. The van der Waals surface area contributed by atoms with Crippen LogP contribution in [0, 0.1) is 11.8 Å². The third kappa shape index (κ3) is 2.72. The quantitative estimate of drug-likeness (QED) is 0.794. The Labute approximate surface area is 109 Å². The predicted octanol–water partition coefficient (Wildman–Crippen LogP) is 1.11. The molecule has 1 aromatic heterocycles. The van der Waals surface area contributed by atoms with Crippen LogP contribution in [0.4, 0.5) is 0 Å². The molecule has 102 valence electrons. The van der Waals surface area contributed by atoms with Crippen LogP contribution in [0.25, 0.3) is 0 Å². The molecular formula is C13H25N5. The Hall–Kier alpha value is -0.940. The van der Waals surface area contributed by atoms with Crippen LogP contribution in [-0.4, -0.2) is 27.9 Å². The summed E-state index contributed by atoms with van der Waals surface area (Å²) in [6.07, 6.45) is 2.26. The van der Waals surface area contributed by atoms with Crippen molar-refractivity contribution in [2.45, 2.75) is 46.2 Å². The second-order valence-corrected chi connectivity index (χ2v) is 5.60.